The maximum Gasteiger partial charge on any atom is 0.194 e. The largest absolute Gasteiger partial charge is 0.502 e. The number of phenols is 1. The molecule has 12 heavy (non-hydrogen) atoms. The molecular formula is C9H9FO2. The Morgan fingerprint density at radius 3 is 3.00 bits per heavy atom. The average molecular weight is 168 g/mol. The molecule has 1 aromatic carbocycles. The minimum Gasteiger partial charge on any atom is -0.502 e. The average Bonchev–Trinajstić information content (AvgIpc) is 2.08. The Labute approximate surface area is 69.9 Å². The van der Waals surface area contributed by atoms with Gasteiger partial charge in [0.25, 0.3) is 0 Å². The van der Waals surface area contributed by atoms with Crippen LogP contribution in [-0.4, -0.2) is 11.7 Å². The van der Waals surface area contributed by atoms with E-state index in [1.165, 1.54) is 18.2 Å². The van der Waals surface area contributed by atoms with Gasteiger partial charge in [0.1, 0.15) is 6.61 Å². The molecular weight excluding hydrogens is 159 g/mol. The lowest BCUT2D eigenvalue weighted by molar-refractivity contribution is 0.326. The molecule has 0 saturated carbocycles. The zero-order valence-electron chi connectivity index (χ0n) is 6.46. The molecule has 0 aliphatic rings. The van der Waals surface area contributed by atoms with Gasteiger partial charge in [-0.1, -0.05) is 18.7 Å². The van der Waals surface area contributed by atoms with Crippen molar-refractivity contribution in [1.29, 1.82) is 0 Å². The Hall–Kier alpha value is -1.51. The molecule has 0 fully saturated rings. The summed E-state index contributed by atoms with van der Waals surface area (Å²) in [5, 5.41) is 9.09. The molecule has 0 radical (unpaired) electrons. The molecule has 0 aromatic heterocycles. The minimum absolute atomic E-state index is 0.134. The third kappa shape index (κ3) is 1.75. The van der Waals surface area contributed by atoms with Gasteiger partial charge in [0.2, 0.25) is 0 Å². The van der Waals surface area contributed by atoms with Crippen molar-refractivity contribution in [2.45, 2.75) is 0 Å². The van der Waals surface area contributed by atoms with Gasteiger partial charge in [0.15, 0.2) is 17.3 Å². The molecule has 0 aliphatic carbocycles. The summed E-state index contributed by atoms with van der Waals surface area (Å²) >= 11 is 0. The maximum absolute atomic E-state index is 12.7. The first kappa shape index (κ1) is 8.59. The summed E-state index contributed by atoms with van der Waals surface area (Å²) in [4.78, 5) is 0. The van der Waals surface area contributed by atoms with Crippen molar-refractivity contribution in [2.75, 3.05) is 6.61 Å². The summed E-state index contributed by atoms with van der Waals surface area (Å²) in [7, 11) is 0. The Morgan fingerprint density at radius 1 is 1.58 bits per heavy atom. The smallest absolute Gasteiger partial charge is 0.194 e. The Bertz CT molecular complexity index is 284. The number of benzene rings is 1. The second kappa shape index (κ2) is 3.76. The molecule has 0 saturated heterocycles. The molecule has 64 valence electrons. The van der Waals surface area contributed by atoms with Crippen molar-refractivity contribution in [3.63, 3.8) is 0 Å². The normalized spacial score (nSPS) is 9.42. The second-order valence-electron chi connectivity index (χ2n) is 2.19. The summed E-state index contributed by atoms with van der Waals surface area (Å²) in [5.41, 5.74) is 0. The zero-order chi connectivity index (χ0) is 8.97. The first-order valence-electron chi connectivity index (χ1n) is 3.47. The Kier molecular flexibility index (Phi) is 2.69. The van der Waals surface area contributed by atoms with E-state index in [4.69, 9.17) is 9.84 Å². The van der Waals surface area contributed by atoms with Gasteiger partial charge >= 0.3 is 0 Å². The number of halogens is 1. The highest BCUT2D eigenvalue weighted by Crippen LogP contribution is 2.27. The van der Waals surface area contributed by atoms with Crippen LogP contribution in [0.25, 0.3) is 0 Å². The lowest BCUT2D eigenvalue weighted by atomic mass is 10.3. The van der Waals surface area contributed by atoms with Crippen LogP contribution in [0.5, 0.6) is 11.5 Å². The van der Waals surface area contributed by atoms with Crippen LogP contribution >= 0.6 is 0 Å². The maximum atomic E-state index is 12.7. The van der Waals surface area contributed by atoms with Crippen molar-refractivity contribution in [3.8, 4) is 11.5 Å². The van der Waals surface area contributed by atoms with E-state index in [1.54, 1.807) is 0 Å². The Balaban J connectivity index is 2.84. The molecule has 1 aromatic rings. The van der Waals surface area contributed by atoms with Crippen molar-refractivity contribution in [3.05, 3.63) is 36.7 Å². The number of rotatable bonds is 3. The van der Waals surface area contributed by atoms with E-state index in [0.717, 1.165) is 6.07 Å². The standard InChI is InChI=1S/C9H9FO2/c1-2-6-12-8-5-3-4-7(10)9(8)11/h2-5,11H,1,6H2. The fourth-order valence-corrected chi connectivity index (χ4v) is 0.761. The number of aromatic hydroxyl groups is 1. The quantitative estimate of drug-likeness (QED) is 0.700. The topological polar surface area (TPSA) is 29.5 Å². The van der Waals surface area contributed by atoms with Gasteiger partial charge in [-0.25, -0.2) is 4.39 Å². The molecule has 0 unspecified atom stereocenters. The van der Waals surface area contributed by atoms with Crippen molar-refractivity contribution in [2.24, 2.45) is 0 Å². The summed E-state index contributed by atoms with van der Waals surface area (Å²) < 4.78 is 17.6. The van der Waals surface area contributed by atoms with E-state index in [0.29, 0.717) is 0 Å². The van der Waals surface area contributed by atoms with E-state index >= 15 is 0 Å². The molecule has 2 nitrogen and oxygen atoms in total. The van der Waals surface area contributed by atoms with Gasteiger partial charge in [0, 0.05) is 0 Å². The lowest BCUT2D eigenvalue weighted by Gasteiger charge is -2.04. The number of para-hydroxylation sites is 1. The highest BCUT2D eigenvalue weighted by molar-refractivity contribution is 5.39. The van der Waals surface area contributed by atoms with E-state index < -0.39 is 11.6 Å². The summed E-state index contributed by atoms with van der Waals surface area (Å²) in [6.45, 7) is 3.67. The predicted molar refractivity (Wildman–Crippen MR) is 43.8 cm³/mol. The zero-order valence-corrected chi connectivity index (χ0v) is 6.46. The number of hydrogen-bond donors (Lipinski definition) is 1. The first-order chi connectivity index (χ1) is 5.75. The lowest BCUT2D eigenvalue weighted by Crippen LogP contribution is -1.93. The molecule has 3 heteroatoms. The summed E-state index contributed by atoms with van der Waals surface area (Å²) in [6.07, 6.45) is 1.52. The molecule has 0 amide bonds. The first-order valence-corrected chi connectivity index (χ1v) is 3.47. The predicted octanol–water partition coefficient (Wildman–Crippen LogP) is 2.10. The molecule has 1 N–H and O–H groups in total. The molecule has 0 heterocycles. The highest BCUT2D eigenvalue weighted by Gasteiger charge is 2.05. The third-order valence-corrected chi connectivity index (χ3v) is 1.31. The molecule has 0 aliphatic heterocycles. The van der Waals surface area contributed by atoms with Crippen LogP contribution in [0.4, 0.5) is 4.39 Å². The summed E-state index contributed by atoms with van der Waals surface area (Å²) in [5.74, 6) is -1.01. The molecule has 0 spiro atoms. The van der Waals surface area contributed by atoms with Crippen LogP contribution < -0.4 is 4.74 Å². The van der Waals surface area contributed by atoms with Crippen LogP contribution in [0.15, 0.2) is 30.9 Å². The minimum atomic E-state index is -0.684. The van der Waals surface area contributed by atoms with Crippen LogP contribution in [0, 0.1) is 5.82 Å². The van der Waals surface area contributed by atoms with Crippen molar-refractivity contribution >= 4 is 0 Å². The van der Waals surface area contributed by atoms with Gasteiger partial charge in [-0.15, -0.1) is 0 Å². The third-order valence-electron chi connectivity index (χ3n) is 1.31. The summed E-state index contributed by atoms with van der Waals surface area (Å²) in [6, 6.07) is 4.12. The van der Waals surface area contributed by atoms with Gasteiger partial charge in [-0.05, 0) is 12.1 Å². The van der Waals surface area contributed by atoms with Gasteiger partial charge < -0.3 is 9.84 Å². The van der Waals surface area contributed by atoms with Crippen LogP contribution in [-0.2, 0) is 0 Å². The van der Waals surface area contributed by atoms with E-state index in [9.17, 15) is 4.39 Å². The number of ether oxygens (including phenoxy) is 1. The monoisotopic (exact) mass is 168 g/mol. The van der Waals surface area contributed by atoms with E-state index in [2.05, 4.69) is 6.58 Å². The van der Waals surface area contributed by atoms with E-state index in [1.807, 2.05) is 0 Å². The Morgan fingerprint density at radius 2 is 2.33 bits per heavy atom. The van der Waals surface area contributed by atoms with Crippen molar-refractivity contribution in [1.82, 2.24) is 0 Å². The van der Waals surface area contributed by atoms with Gasteiger partial charge in [-0.3, -0.25) is 0 Å². The number of phenolic OH excluding ortho intramolecular Hbond substituents is 1. The van der Waals surface area contributed by atoms with Crippen molar-refractivity contribution < 1.29 is 14.2 Å². The molecule has 1 rings (SSSR count). The van der Waals surface area contributed by atoms with Crippen LogP contribution in [0.3, 0.4) is 0 Å². The van der Waals surface area contributed by atoms with Gasteiger partial charge in [0.05, 0.1) is 0 Å². The fourth-order valence-electron chi connectivity index (χ4n) is 0.761. The van der Waals surface area contributed by atoms with Gasteiger partial charge in [-0.2, -0.15) is 0 Å². The molecule has 0 bridgehead atoms. The van der Waals surface area contributed by atoms with E-state index in [-0.39, 0.29) is 12.4 Å². The van der Waals surface area contributed by atoms with Crippen LogP contribution in [0.1, 0.15) is 0 Å². The highest BCUT2D eigenvalue weighted by atomic mass is 19.1. The fraction of sp³-hybridized carbons (Fsp3) is 0.111. The van der Waals surface area contributed by atoms with Crippen LogP contribution in [0.2, 0.25) is 0 Å². The SMILES string of the molecule is C=CCOc1cccc(F)c1O. The second-order valence-corrected chi connectivity index (χ2v) is 2.19. The number of hydrogen-bond acceptors (Lipinski definition) is 2. The molecule has 0 atom stereocenters.